The lowest BCUT2D eigenvalue weighted by Crippen LogP contribution is -2.36. The third kappa shape index (κ3) is 4.38. The molecule has 9 nitrogen and oxygen atoms in total. The number of esters is 1. The van der Waals surface area contributed by atoms with E-state index in [2.05, 4.69) is 10.1 Å². The van der Waals surface area contributed by atoms with Gasteiger partial charge in [-0.05, 0) is 37.1 Å². The second-order valence-electron chi connectivity index (χ2n) is 6.50. The van der Waals surface area contributed by atoms with E-state index in [4.69, 9.17) is 0 Å². The summed E-state index contributed by atoms with van der Waals surface area (Å²) in [6.07, 6.45) is 2.85. The van der Waals surface area contributed by atoms with Crippen molar-refractivity contribution >= 4 is 27.6 Å². The third-order valence-electron chi connectivity index (χ3n) is 4.59. The predicted octanol–water partition coefficient (Wildman–Crippen LogP) is 1.06. The van der Waals surface area contributed by atoms with E-state index in [9.17, 15) is 22.8 Å². The fourth-order valence-corrected chi connectivity index (χ4v) is 4.73. The fourth-order valence-electron chi connectivity index (χ4n) is 3.13. The van der Waals surface area contributed by atoms with Gasteiger partial charge in [-0.25, -0.2) is 13.2 Å². The molecule has 0 radical (unpaired) electrons. The maximum atomic E-state index is 12.7. The smallest absolute Gasteiger partial charge is 0.339 e. The molecule has 2 aromatic rings. The number of amides is 1. The molecule has 0 spiro atoms. The lowest BCUT2D eigenvalue weighted by Gasteiger charge is -2.16. The number of para-hydroxylation sites is 1. The average Bonchev–Trinajstić information content (AvgIpc) is 3.25. The molecule has 1 aromatic heterocycles. The van der Waals surface area contributed by atoms with E-state index in [0.717, 1.165) is 17.4 Å². The van der Waals surface area contributed by atoms with Crippen molar-refractivity contribution in [2.75, 3.05) is 25.5 Å². The van der Waals surface area contributed by atoms with E-state index in [1.54, 1.807) is 12.1 Å². The number of rotatable bonds is 6. The standard InChI is InChI=1S/C19H21N3O6S/c1-28-19(25)14-7-2-3-8-15(14)20-17(23)13-21-10-6-9-16(18(21)24)29(26,27)22-11-4-5-12-22/h2-3,6-10H,4-5,11-13H2,1H3,(H,20,23). The molecule has 1 aromatic carbocycles. The van der Waals surface area contributed by atoms with Gasteiger partial charge in [-0.2, -0.15) is 4.31 Å². The molecule has 1 saturated heterocycles. The second kappa shape index (κ2) is 8.58. The zero-order valence-corrected chi connectivity index (χ0v) is 16.6. The van der Waals surface area contributed by atoms with Gasteiger partial charge in [0.2, 0.25) is 15.9 Å². The number of carbonyl (C=O) groups is 2. The van der Waals surface area contributed by atoms with Crippen LogP contribution in [-0.2, 0) is 26.1 Å². The minimum atomic E-state index is -3.90. The van der Waals surface area contributed by atoms with Crippen molar-refractivity contribution < 1.29 is 22.7 Å². The van der Waals surface area contributed by atoms with Gasteiger partial charge in [-0.1, -0.05) is 12.1 Å². The Balaban J connectivity index is 1.82. The van der Waals surface area contributed by atoms with Gasteiger partial charge in [0.05, 0.1) is 18.4 Å². The summed E-state index contributed by atoms with van der Waals surface area (Å²) in [5.41, 5.74) is -0.366. The van der Waals surface area contributed by atoms with Gasteiger partial charge in [0.15, 0.2) is 0 Å². The highest BCUT2D eigenvalue weighted by Gasteiger charge is 2.30. The number of benzene rings is 1. The Labute approximate surface area is 168 Å². The van der Waals surface area contributed by atoms with E-state index in [-0.39, 0.29) is 16.1 Å². The van der Waals surface area contributed by atoms with Crippen LogP contribution < -0.4 is 10.9 Å². The number of ether oxygens (including phenoxy) is 1. The second-order valence-corrected chi connectivity index (χ2v) is 8.41. The summed E-state index contributed by atoms with van der Waals surface area (Å²) >= 11 is 0. The average molecular weight is 419 g/mol. The van der Waals surface area contributed by atoms with Gasteiger partial charge < -0.3 is 14.6 Å². The van der Waals surface area contributed by atoms with Gasteiger partial charge >= 0.3 is 5.97 Å². The molecule has 0 saturated carbocycles. The van der Waals surface area contributed by atoms with E-state index >= 15 is 0 Å². The molecule has 0 atom stereocenters. The first-order valence-electron chi connectivity index (χ1n) is 9.01. The highest BCUT2D eigenvalue weighted by atomic mass is 32.2. The summed E-state index contributed by atoms with van der Waals surface area (Å²) in [5, 5.41) is 2.56. The van der Waals surface area contributed by atoms with E-state index in [1.807, 2.05) is 0 Å². The van der Waals surface area contributed by atoms with Crippen molar-refractivity contribution in [3.63, 3.8) is 0 Å². The normalized spacial score (nSPS) is 14.5. The quantitative estimate of drug-likeness (QED) is 0.700. The van der Waals surface area contributed by atoms with Crippen LogP contribution in [0.4, 0.5) is 5.69 Å². The molecule has 2 heterocycles. The summed E-state index contributed by atoms with van der Waals surface area (Å²) < 4.78 is 32.4. The molecule has 0 aliphatic carbocycles. The van der Waals surface area contributed by atoms with Crippen LogP contribution in [0.25, 0.3) is 0 Å². The SMILES string of the molecule is COC(=O)c1ccccc1NC(=O)Cn1cccc(S(=O)(=O)N2CCCC2)c1=O. The molecule has 1 aliphatic rings. The first kappa shape index (κ1) is 20.7. The molecule has 29 heavy (non-hydrogen) atoms. The lowest BCUT2D eigenvalue weighted by atomic mass is 10.2. The Morgan fingerprint density at radius 1 is 1.10 bits per heavy atom. The van der Waals surface area contributed by atoms with Crippen molar-refractivity contribution in [3.8, 4) is 0 Å². The molecule has 0 bridgehead atoms. The van der Waals surface area contributed by atoms with Crippen molar-refractivity contribution in [2.45, 2.75) is 24.3 Å². The maximum Gasteiger partial charge on any atom is 0.339 e. The molecule has 154 valence electrons. The van der Waals surface area contributed by atoms with Crippen molar-refractivity contribution in [1.29, 1.82) is 0 Å². The molecular formula is C19H21N3O6S. The van der Waals surface area contributed by atoms with Gasteiger partial charge in [-0.15, -0.1) is 0 Å². The number of nitrogens with one attached hydrogen (secondary N) is 1. The summed E-state index contributed by atoms with van der Waals surface area (Å²) in [4.78, 5) is 36.6. The summed E-state index contributed by atoms with van der Waals surface area (Å²) in [5.74, 6) is -1.20. The Morgan fingerprint density at radius 2 is 1.79 bits per heavy atom. The van der Waals surface area contributed by atoms with Crippen LogP contribution in [0.5, 0.6) is 0 Å². The number of methoxy groups -OCH3 is 1. The maximum absolute atomic E-state index is 12.7. The van der Waals surface area contributed by atoms with Crippen LogP contribution in [0.3, 0.4) is 0 Å². The van der Waals surface area contributed by atoms with Crippen LogP contribution in [0.15, 0.2) is 52.3 Å². The molecule has 1 N–H and O–H groups in total. The number of hydrogen-bond donors (Lipinski definition) is 1. The summed E-state index contributed by atoms with van der Waals surface area (Å²) in [6.45, 7) is 0.348. The van der Waals surface area contributed by atoms with Crippen LogP contribution in [-0.4, -0.2) is 49.4 Å². The lowest BCUT2D eigenvalue weighted by molar-refractivity contribution is -0.116. The largest absolute Gasteiger partial charge is 0.465 e. The molecule has 1 amide bonds. The summed E-state index contributed by atoms with van der Waals surface area (Å²) in [7, 11) is -2.67. The number of nitrogens with zero attached hydrogens (tertiary/aromatic N) is 2. The Morgan fingerprint density at radius 3 is 2.48 bits per heavy atom. The zero-order valence-electron chi connectivity index (χ0n) is 15.8. The van der Waals surface area contributed by atoms with Crippen molar-refractivity contribution in [3.05, 3.63) is 58.5 Å². The van der Waals surface area contributed by atoms with Crippen LogP contribution >= 0.6 is 0 Å². The molecule has 1 aliphatic heterocycles. The number of anilines is 1. The Kier molecular flexibility index (Phi) is 6.14. The van der Waals surface area contributed by atoms with Gasteiger partial charge in [0, 0.05) is 19.3 Å². The number of sulfonamides is 1. The molecule has 10 heteroatoms. The van der Waals surface area contributed by atoms with Crippen LogP contribution in [0.2, 0.25) is 0 Å². The Hall–Kier alpha value is -2.98. The van der Waals surface area contributed by atoms with E-state index < -0.39 is 34.0 Å². The number of hydrogen-bond acceptors (Lipinski definition) is 6. The summed E-state index contributed by atoms with van der Waals surface area (Å²) in [6, 6.07) is 8.95. The van der Waals surface area contributed by atoms with Crippen molar-refractivity contribution in [1.82, 2.24) is 8.87 Å². The molecule has 3 rings (SSSR count). The first-order chi connectivity index (χ1) is 13.8. The highest BCUT2D eigenvalue weighted by Crippen LogP contribution is 2.18. The minimum absolute atomic E-state index is 0.168. The Bertz CT molecular complexity index is 1090. The van der Waals surface area contributed by atoms with E-state index in [1.165, 1.54) is 41.9 Å². The topological polar surface area (TPSA) is 115 Å². The monoisotopic (exact) mass is 419 g/mol. The van der Waals surface area contributed by atoms with Gasteiger partial charge in [-0.3, -0.25) is 9.59 Å². The molecular weight excluding hydrogens is 398 g/mol. The third-order valence-corrected chi connectivity index (χ3v) is 6.50. The predicted molar refractivity (Wildman–Crippen MR) is 105 cm³/mol. The van der Waals surface area contributed by atoms with Gasteiger partial charge in [0.1, 0.15) is 11.4 Å². The van der Waals surface area contributed by atoms with E-state index in [0.29, 0.717) is 13.1 Å². The van der Waals surface area contributed by atoms with Crippen molar-refractivity contribution in [2.24, 2.45) is 0 Å². The minimum Gasteiger partial charge on any atom is -0.465 e. The molecule has 1 fully saturated rings. The molecule has 0 unspecified atom stereocenters. The fraction of sp³-hybridized carbons (Fsp3) is 0.316. The first-order valence-corrected chi connectivity index (χ1v) is 10.5. The number of pyridine rings is 1. The zero-order chi connectivity index (χ0) is 21.0. The van der Waals surface area contributed by atoms with Crippen LogP contribution in [0, 0.1) is 0 Å². The number of aromatic nitrogens is 1. The van der Waals surface area contributed by atoms with Crippen LogP contribution in [0.1, 0.15) is 23.2 Å². The highest BCUT2D eigenvalue weighted by molar-refractivity contribution is 7.89. The van der Waals surface area contributed by atoms with Gasteiger partial charge in [0.25, 0.3) is 5.56 Å². The number of carbonyl (C=O) groups excluding carboxylic acids is 2.